The highest BCUT2D eigenvalue weighted by molar-refractivity contribution is 7.91. The monoisotopic (exact) mass is 503 g/mol. The highest BCUT2D eigenvalue weighted by Crippen LogP contribution is 2.32. The summed E-state index contributed by atoms with van der Waals surface area (Å²) in [6.07, 6.45) is 2.13. The molecule has 174 valence electrons. The van der Waals surface area contributed by atoms with E-state index in [2.05, 4.69) is 0 Å². The Kier molecular flexibility index (Phi) is 7.54. The summed E-state index contributed by atoms with van der Waals surface area (Å²) in [7, 11) is -3.70. The van der Waals surface area contributed by atoms with Crippen LogP contribution in [0.25, 0.3) is 0 Å². The van der Waals surface area contributed by atoms with Gasteiger partial charge in [0.15, 0.2) is 5.78 Å². The number of nitrogens with zero attached hydrogens (tertiary/aromatic N) is 1. The van der Waals surface area contributed by atoms with E-state index < -0.39 is 16.1 Å². The number of hydrogen-bond donors (Lipinski definition) is 0. The molecule has 0 unspecified atom stereocenters. The van der Waals surface area contributed by atoms with Crippen molar-refractivity contribution in [3.05, 3.63) is 81.7 Å². The lowest BCUT2D eigenvalue weighted by atomic mass is 10.0. The van der Waals surface area contributed by atoms with Crippen LogP contribution in [0.2, 0.25) is 4.34 Å². The molecule has 1 atom stereocenters. The number of thiophene rings is 1. The third-order valence-corrected chi connectivity index (χ3v) is 9.37. The molecule has 2 heterocycles. The topological polar surface area (TPSA) is 63.7 Å². The van der Waals surface area contributed by atoms with Crippen LogP contribution in [0.15, 0.2) is 64.9 Å². The van der Waals surface area contributed by atoms with Gasteiger partial charge in [0, 0.05) is 13.0 Å². The Morgan fingerprint density at radius 3 is 2.58 bits per heavy atom. The molecule has 2 aromatic carbocycles. The Bertz CT molecular complexity index is 1220. The molecule has 0 saturated carbocycles. The molecular formula is C25H26ClNO4S2. The zero-order chi connectivity index (χ0) is 23.4. The van der Waals surface area contributed by atoms with Gasteiger partial charge in [-0.15, -0.1) is 11.3 Å². The van der Waals surface area contributed by atoms with Crippen LogP contribution in [-0.2, 0) is 27.8 Å². The molecule has 1 aliphatic heterocycles. The average molecular weight is 504 g/mol. The molecule has 4 rings (SSSR count). The number of carbonyl (C=O) groups excluding carboxylic acids is 1. The number of benzene rings is 2. The fourth-order valence-corrected chi connectivity index (χ4v) is 7.30. The van der Waals surface area contributed by atoms with Gasteiger partial charge in [0.25, 0.3) is 10.0 Å². The SMILES string of the molecule is Cc1cccc(OCc2ccc(CCC(=O)[C@@H]3CCCN3S(=O)(=O)c3ccc(Cl)s3)cc2)c1. The Balaban J connectivity index is 1.32. The smallest absolute Gasteiger partial charge is 0.253 e. The second-order valence-electron chi connectivity index (χ2n) is 8.22. The molecular weight excluding hydrogens is 478 g/mol. The molecule has 3 aromatic rings. The minimum Gasteiger partial charge on any atom is -0.489 e. The summed E-state index contributed by atoms with van der Waals surface area (Å²) in [5.74, 6) is 0.802. The van der Waals surface area contributed by atoms with Crippen molar-refractivity contribution < 1.29 is 17.9 Å². The molecule has 0 spiro atoms. The number of aryl methyl sites for hydroxylation is 2. The molecule has 1 fully saturated rings. The third kappa shape index (κ3) is 5.84. The summed E-state index contributed by atoms with van der Waals surface area (Å²) < 4.78 is 33.7. The summed E-state index contributed by atoms with van der Waals surface area (Å²) in [4.78, 5) is 12.9. The first-order valence-corrected chi connectivity index (χ1v) is 13.5. The minimum atomic E-state index is -3.70. The number of carbonyl (C=O) groups is 1. The van der Waals surface area contributed by atoms with Crippen LogP contribution in [0.5, 0.6) is 5.75 Å². The number of ether oxygens (including phenoxy) is 1. The zero-order valence-electron chi connectivity index (χ0n) is 18.4. The number of hydrogen-bond acceptors (Lipinski definition) is 5. The van der Waals surface area contributed by atoms with Gasteiger partial charge in [0.05, 0.1) is 10.4 Å². The van der Waals surface area contributed by atoms with Crippen molar-refractivity contribution in [2.75, 3.05) is 6.54 Å². The Labute approximate surface area is 204 Å². The van der Waals surface area contributed by atoms with Crippen molar-refractivity contribution in [1.82, 2.24) is 4.31 Å². The van der Waals surface area contributed by atoms with Crippen LogP contribution < -0.4 is 4.74 Å². The number of halogens is 1. The highest BCUT2D eigenvalue weighted by Gasteiger charge is 2.39. The molecule has 5 nitrogen and oxygen atoms in total. The molecule has 33 heavy (non-hydrogen) atoms. The number of ketones is 1. The minimum absolute atomic E-state index is 0.0365. The van der Waals surface area contributed by atoms with Gasteiger partial charge in [-0.2, -0.15) is 4.31 Å². The molecule has 1 aromatic heterocycles. The fraction of sp³-hybridized carbons (Fsp3) is 0.320. The highest BCUT2D eigenvalue weighted by atomic mass is 35.5. The molecule has 1 saturated heterocycles. The van der Waals surface area contributed by atoms with E-state index in [-0.39, 0.29) is 9.99 Å². The van der Waals surface area contributed by atoms with Crippen molar-refractivity contribution in [3.8, 4) is 5.75 Å². The van der Waals surface area contributed by atoms with Gasteiger partial charge in [-0.3, -0.25) is 4.79 Å². The van der Waals surface area contributed by atoms with Crippen molar-refractivity contribution >= 4 is 38.7 Å². The second-order valence-corrected chi connectivity index (χ2v) is 12.1. The van der Waals surface area contributed by atoms with E-state index in [0.717, 1.165) is 33.8 Å². The Hall–Kier alpha value is -2.19. The summed E-state index contributed by atoms with van der Waals surface area (Å²) in [5, 5.41) is 0. The molecule has 0 N–H and O–H groups in total. The molecule has 0 aliphatic carbocycles. The Morgan fingerprint density at radius 1 is 1.12 bits per heavy atom. The van der Waals surface area contributed by atoms with E-state index in [9.17, 15) is 13.2 Å². The van der Waals surface area contributed by atoms with Crippen molar-refractivity contribution in [3.63, 3.8) is 0 Å². The van der Waals surface area contributed by atoms with Gasteiger partial charge >= 0.3 is 0 Å². The van der Waals surface area contributed by atoms with E-state index >= 15 is 0 Å². The molecule has 8 heteroatoms. The van der Waals surface area contributed by atoms with Crippen LogP contribution in [0.1, 0.15) is 36.0 Å². The van der Waals surface area contributed by atoms with Crippen molar-refractivity contribution in [1.29, 1.82) is 0 Å². The van der Waals surface area contributed by atoms with Crippen LogP contribution in [0, 0.1) is 6.92 Å². The molecule has 1 aliphatic rings. The standard InChI is InChI=1S/C25H26ClNO4S2/c1-18-4-2-5-21(16-18)31-17-20-9-7-19(8-10-20)11-12-23(28)22-6-3-15-27(22)33(29,30)25-14-13-24(26)32-25/h2,4-5,7-10,13-14,16,22H,3,6,11-12,15,17H2,1H3/t22-/m0/s1. The largest absolute Gasteiger partial charge is 0.489 e. The summed E-state index contributed by atoms with van der Waals surface area (Å²) >= 11 is 6.94. The molecule has 0 bridgehead atoms. The third-order valence-electron chi connectivity index (χ3n) is 5.76. The van der Waals surface area contributed by atoms with Crippen LogP contribution in [-0.4, -0.2) is 31.1 Å². The first kappa shape index (κ1) is 24.0. The van der Waals surface area contributed by atoms with Gasteiger partial charge in [-0.25, -0.2) is 8.42 Å². The van der Waals surface area contributed by atoms with E-state index in [4.69, 9.17) is 16.3 Å². The van der Waals surface area contributed by atoms with Crippen LogP contribution in [0.4, 0.5) is 0 Å². The first-order valence-electron chi connectivity index (χ1n) is 10.9. The lowest BCUT2D eigenvalue weighted by Crippen LogP contribution is -2.40. The molecule has 0 radical (unpaired) electrons. The average Bonchev–Trinajstić information content (AvgIpc) is 3.47. The van der Waals surface area contributed by atoms with Crippen molar-refractivity contribution in [2.45, 2.75) is 49.5 Å². The Morgan fingerprint density at radius 2 is 1.88 bits per heavy atom. The van der Waals surface area contributed by atoms with Gasteiger partial charge in [-0.1, -0.05) is 48.0 Å². The van der Waals surface area contributed by atoms with E-state index in [1.165, 1.54) is 10.4 Å². The van der Waals surface area contributed by atoms with E-state index in [1.807, 2.05) is 55.5 Å². The summed E-state index contributed by atoms with van der Waals surface area (Å²) in [6, 6.07) is 18.4. The van der Waals surface area contributed by atoms with E-state index in [0.29, 0.717) is 43.2 Å². The quantitative estimate of drug-likeness (QED) is 0.379. The van der Waals surface area contributed by atoms with Gasteiger partial charge in [0.2, 0.25) is 0 Å². The maximum Gasteiger partial charge on any atom is 0.253 e. The number of sulfonamides is 1. The first-order chi connectivity index (χ1) is 15.8. The number of Topliss-reactive ketones (excluding diaryl/α,β-unsaturated/α-hetero) is 1. The predicted octanol–water partition coefficient (Wildman–Crippen LogP) is 5.64. The lowest BCUT2D eigenvalue weighted by molar-refractivity contribution is -0.122. The van der Waals surface area contributed by atoms with Crippen LogP contribution >= 0.6 is 22.9 Å². The maximum absolute atomic E-state index is 13.0. The summed E-state index contributed by atoms with van der Waals surface area (Å²) in [6.45, 7) is 2.87. The van der Waals surface area contributed by atoms with Gasteiger partial charge in [-0.05, 0) is 67.1 Å². The fourth-order valence-electron chi connectivity index (χ4n) is 4.01. The predicted molar refractivity (Wildman–Crippen MR) is 132 cm³/mol. The number of rotatable bonds is 9. The zero-order valence-corrected chi connectivity index (χ0v) is 20.8. The molecule has 0 amide bonds. The van der Waals surface area contributed by atoms with Crippen LogP contribution in [0.3, 0.4) is 0 Å². The maximum atomic E-state index is 13.0. The van der Waals surface area contributed by atoms with Gasteiger partial charge < -0.3 is 4.74 Å². The lowest BCUT2D eigenvalue weighted by Gasteiger charge is -2.22. The van der Waals surface area contributed by atoms with Crippen molar-refractivity contribution in [2.24, 2.45) is 0 Å². The summed E-state index contributed by atoms with van der Waals surface area (Å²) in [5.41, 5.74) is 3.25. The normalized spacial score (nSPS) is 16.7. The van der Waals surface area contributed by atoms with Gasteiger partial charge in [0.1, 0.15) is 16.6 Å². The second kappa shape index (κ2) is 10.4. The van der Waals surface area contributed by atoms with E-state index in [1.54, 1.807) is 6.07 Å².